The molecule has 2 aromatic rings. The molecule has 4 N–H and O–H groups in total. The summed E-state index contributed by atoms with van der Waals surface area (Å²) < 4.78 is 5.64. The Morgan fingerprint density at radius 3 is 1.44 bits per heavy atom. The summed E-state index contributed by atoms with van der Waals surface area (Å²) in [4.78, 5) is 22.5. The van der Waals surface area contributed by atoms with Crippen molar-refractivity contribution in [1.29, 1.82) is 0 Å². The third-order valence-electron chi connectivity index (χ3n) is 2.83. The van der Waals surface area contributed by atoms with Gasteiger partial charge in [0, 0.05) is 11.4 Å². The van der Waals surface area contributed by atoms with Crippen molar-refractivity contribution >= 4 is 35.6 Å². The summed E-state index contributed by atoms with van der Waals surface area (Å²) in [5, 5.41) is 26.8. The molecule has 0 aliphatic carbocycles. The van der Waals surface area contributed by atoms with Gasteiger partial charge >= 0.3 is 0 Å². The number of anilines is 2. The van der Waals surface area contributed by atoms with Gasteiger partial charge in [-0.2, -0.15) is 0 Å². The zero-order valence-electron chi connectivity index (χ0n) is 12.8. The average molecular weight is 342 g/mol. The van der Waals surface area contributed by atoms with Gasteiger partial charge in [-0.05, 0) is 48.5 Å². The van der Waals surface area contributed by atoms with Gasteiger partial charge in [0.1, 0.15) is 23.9 Å². The lowest BCUT2D eigenvalue weighted by atomic mass is 10.3. The second-order valence-electron chi connectivity index (χ2n) is 4.62. The van der Waals surface area contributed by atoms with E-state index in [0.29, 0.717) is 22.9 Å². The molecule has 0 aliphatic heterocycles. The van der Waals surface area contributed by atoms with Crippen LogP contribution in [0.5, 0.6) is 11.5 Å². The van der Waals surface area contributed by atoms with E-state index in [9.17, 15) is 9.59 Å². The Balaban J connectivity index is 1.95. The van der Waals surface area contributed by atoms with Crippen LogP contribution in [0.2, 0.25) is 0 Å². The maximum atomic E-state index is 11.2. The number of nitrogens with one attached hydrogen (secondary N) is 2. The molecule has 0 heterocycles. The minimum absolute atomic E-state index is 0.515. The SMILES string of the molecule is O=C(/C=N/O)Nc1ccc(Oc2ccc(NC(=O)/C=N/O)cc2)cc1. The van der Waals surface area contributed by atoms with E-state index in [0.717, 1.165) is 12.4 Å². The fraction of sp³-hybridized carbons (Fsp3) is 0. The van der Waals surface area contributed by atoms with Crippen molar-refractivity contribution in [1.82, 2.24) is 0 Å². The highest BCUT2D eigenvalue weighted by atomic mass is 16.5. The van der Waals surface area contributed by atoms with Gasteiger partial charge in [-0.25, -0.2) is 0 Å². The molecule has 0 aromatic heterocycles. The summed E-state index contributed by atoms with van der Waals surface area (Å²) in [5.74, 6) is -0.0314. The van der Waals surface area contributed by atoms with Crippen LogP contribution in [0.4, 0.5) is 11.4 Å². The molecule has 2 rings (SSSR count). The standard InChI is InChI=1S/C16H14N4O5/c21-15(9-17-23)19-11-1-5-13(6-2-11)25-14-7-3-12(4-8-14)20-16(22)10-18-24/h1-10,23-24H,(H,19,21)(H,20,22)/b17-9+,18-10+. The Kier molecular flexibility index (Phi) is 6.06. The van der Waals surface area contributed by atoms with Gasteiger partial charge in [-0.1, -0.05) is 10.3 Å². The molecule has 25 heavy (non-hydrogen) atoms. The third kappa shape index (κ3) is 5.67. The normalized spacial score (nSPS) is 10.7. The number of hydrogen-bond donors (Lipinski definition) is 4. The number of oxime groups is 2. The predicted octanol–water partition coefficient (Wildman–Crippen LogP) is 2.28. The molecule has 0 spiro atoms. The van der Waals surface area contributed by atoms with Crippen molar-refractivity contribution in [3.63, 3.8) is 0 Å². The molecule has 2 aromatic carbocycles. The van der Waals surface area contributed by atoms with E-state index in [1.807, 2.05) is 0 Å². The Morgan fingerprint density at radius 1 is 0.760 bits per heavy atom. The Morgan fingerprint density at radius 2 is 1.12 bits per heavy atom. The van der Waals surface area contributed by atoms with E-state index in [4.69, 9.17) is 15.2 Å². The molecule has 128 valence electrons. The quantitative estimate of drug-likeness (QED) is 0.363. The summed E-state index contributed by atoms with van der Waals surface area (Å²) in [6.45, 7) is 0. The van der Waals surface area contributed by atoms with Gasteiger partial charge < -0.3 is 25.8 Å². The van der Waals surface area contributed by atoms with E-state index in [1.165, 1.54) is 0 Å². The van der Waals surface area contributed by atoms with Gasteiger partial charge in [-0.3, -0.25) is 9.59 Å². The Bertz CT molecular complexity index is 718. The zero-order chi connectivity index (χ0) is 18.1. The first-order valence-electron chi connectivity index (χ1n) is 6.95. The molecule has 0 bridgehead atoms. The zero-order valence-corrected chi connectivity index (χ0v) is 12.8. The molecule has 0 atom stereocenters. The first-order valence-corrected chi connectivity index (χ1v) is 6.95. The minimum Gasteiger partial charge on any atom is -0.457 e. The largest absolute Gasteiger partial charge is 0.457 e. The molecule has 0 saturated heterocycles. The number of ether oxygens (including phenoxy) is 1. The number of hydrogen-bond acceptors (Lipinski definition) is 7. The monoisotopic (exact) mass is 342 g/mol. The van der Waals surface area contributed by atoms with Crippen LogP contribution in [-0.2, 0) is 9.59 Å². The molecule has 2 amide bonds. The smallest absolute Gasteiger partial charge is 0.270 e. The van der Waals surface area contributed by atoms with Crippen LogP contribution in [0.3, 0.4) is 0 Å². The van der Waals surface area contributed by atoms with Crippen molar-refractivity contribution in [2.45, 2.75) is 0 Å². The number of benzene rings is 2. The predicted molar refractivity (Wildman–Crippen MR) is 90.8 cm³/mol. The molecule has 0 fully saturated rings. The van der Waals surface area contributed by atoms with Crippen molar-refractivity contribution in [3.8, 4) is 11.5 Å². The maximum absolute atomic E-state index is 11.2. The fourth-order valence-corrected chi connectivity index (χ4v) is 1.80. The van der Waals surface area contributed by atoms with Gasteiger partial charge in [0.25, 0.3) is 11.8 Å². The lowest BCUT2D eigenvalue weighted by Gasteiger charge is -2.08. The summed E-state index contributed by atoms with van der Waals surface area (Å²) in [6.07, 6.45) is 1.49. The topological polar surface area (TPSA) is 133 Å². The first kappa shape index (κ1) is 17.5. The van der Waals surface area contributed by atoms with Gasteiger partial charge in [0.2, 0.25) is 0 Å². The highest BCUT2D eigenvalue weighted by Crippen LogP contribution is 2.24. The van der Waals surface area contributed by atoms with Crippen LogP contribution < -0.4 is 15.4 Å². The number of carbonyl (C=O) groups is 2. The molecule has 0 saturated carbocycles. The van der Waals surface area contributed by atoms with E-state index in [2.05, 4.69) is 20.9 Å². The van der Waals surface area contributed by atoms with Gasteiger partial charge in [-0.15, -0.1) is 0 Å². The summed E-state index contributed by atoms with van der Waals surface area (Å²) in [5.41, 5.74) is 1.03. The first-order chi connectivity index (χ1) is 12.1. The molecular formula is C16H14N4O5. The van der Waals surface area contributed by atoms with Crippen molar-refractivity contribution in [2.75, 3.05) is 10.6 Å². The number of nitrogens with zero attached hydrogens (tertiary/aromatic N) is 2. The molecule has 0 aliphatic rings. The summed E-state index contributed by atoms with van der Waals surface area (Å²) >= 11 is 0. The van der Waals surface area contributed by atoms with Crippen molar-refractivity contribution in [3.05, 3.63) is 48.5 Å². The second-order valence-corrected chi connectivity index (χ2v) is 4.62. The lowest BCUT2D eigenvalue weighted by molar-refractivity contribution is -0.110. The van der Waals surface area contributed by atoms with Crippen molar-refractivity contribution < 1.29 is 24.7 Å². The number of rotatable bonds is 6. The third-order valence-corrected chi connectivity index (χ3v) is 2.83. The van der Waals surface area contributed by atoms with Crippen LogP contribution in [0.1, 0.15) is 0 Å². The van der Waals surface area contributed by atoms with E-state index < -0.39 is 11.8 Å². The van der Waals surface area contributed by atoms with E-state index >= 15 is 0 Å². The average Bonchev–Trinajstić information content (AvgIpc) is 2.59. The van der Waals surface area contributed by atoms with Crippen LogP contribution in [0, 0.1) is 0 Å². The number of amides is 2. The van der Waals surface area contributed by atoms with Crippen LogP contribution >= 0.6 is 0 Å². The fourth-order valence-electron chi connectivity index (χ4n) is 1.80. The summed E-state index contributed by atoms with van der Waals surface area (Å²) in [7, 11) is 0. The highest BCUT2D eigenvalue weighted by Gasteiger charge is 2.02. The van der Waals surface area contributed by atoms with Crippen LogP contribution in [-0.4, -0.2) is 34.7 Å². The molecule has 0 radical (unpaired) electrons. The minimum atomic E-state index is -0.556. The molecule has 9 heteroatoms. The molecule has 9 nitrogen and oxygen atoms in total. The maximum Gasteiger partial charge on any atom is 0.270 e. The van der Waals surface area contributed by atoms with E-state index in [1.54, 1.807) is 48.5 Å². The second kappa shape index (κ2) is 8.67. The van der Waals surface area contributed by atoms with Crippen molar-refractivity contribution in [2.24, 2.45) is 10.3 Å². The Hall–Kier alpha value is -3.88. The molecular weight excluding hydrogens is 328 g/mol. The number of carbonyl (C=O) groups excluding carboxylic acids is 2. The lowest BCUT2D eigenvalue weighted by Crippen LogP contribution is -2.12. The van der Waals surface area contributed by atoms with E-state index in [-0.39, 0.29) is 0 Å². The van der Waals surface area contributed by atoms with Crippen LogP contribution in [0.15, 0.2) is 58.8 Å². The van der Waals surface area contributed by atoms with Crippen LogP contribution in [0.25, 0.3) is 0 Å². The van der Waals surface area contributed by atoms with Gasteiger partial charge in [0.15, 0.2) is 0 Å². The van der Waals surface area contributed by atoms with Gasteiger partial charge in [0.05, 0.1) is 0 Å². The Labute approximate surface area is 142 Å². The highest BCUT2D eigenvalue weighted by molar-refractivity contribution is 6.32. The summed E-state index contributed by atoms with van der Waals surface area (Å²) in [6, 6.07) is 13.1. The molecule has 0 unspecified atom stereocenters.